The average molecular weight is 601 g/mol. The molecule has 0 atom stereocenters. The van der Waals surface area contributed by atoms with Crippen molar-refractivity contribution >= 4 is 5.97 Å². The third kappa shape index (κ3) is 10.6. The van der Waals surface area contributed by atoms with Gasteiger partial charge in [-0.05, 0) is 86.0 Å². The van der Waals surface area contributed by atoms with E-state index < -0.39 is 23.9 Å². The minimum absolute atomic E-state index is 0.167. The van der Waals surface area contributed by atoms with Crippen LogP contribution in [0, 0.1) is 23.1 Å². The van der Waals surface area contributed by atoms with Gasteiger partial charge < -0.3 is 23.7 Å². The van der Waals surface area contributed by atoms with Crippen LogP contribution in [-0.4, -0.2) is 45.4 Å². The van der Waals surface area contributed by atoms with E-state index in [2.05, 4.69) is 23.5 Å². The predicted octanol–water partition coefficient (Wildman–Crippen LogP) is 7.34. The molecule has 1 fully saturated rings. The number of alkyl halides is 3. The molecule has 0 aromatic heterocycles. The summed E-state index contributed by atoms with van der Waals surface area (Å²) in [5.74, 6) is 3.76. The molecule has 3 aromatic rings. The summed E-state index contributed by atoms with van der Waals surface area (Å²) in [7, 11) is 0. The number of benzene rings is 3. The molecule has 10 heteroatoms. The Morgan fingerprint density at radius 2 is 1.49 bits per heavy atom. The molecule has 0 N–H and O–H groups in total. The van der Waals surface area contributed by atoms with E-state index in [-0.39, 0.29) is 11.0 Å². The number of unbranched alkanes of at least 4 members (excludes halogenated alkanes) is 3. The quantitative estimate of drug-likeness (QED) is 0.0673. The molecular formula is C33H32F4O6. The molecule has 1 saturated heterocycles. The molecule has 4 rings (SSSR count). The standard InChI is InChI=1S/C33H32F4O6/c1-32(22-40-23-32)21-39-18-4-2-3-5-19-41-27-15-11-26(12-16-27)31(38)42-28-13-8-24(9-14-28)6-7-25-10-17-30(29(34)20-25)43-33(35,36)37/h8-17,20H,2-5,18-19,21-23H2,1H3. The molecule has 0 aliphatic carbocycles. The highest BCUT2D eigenvalue weighted by Gasteiger charge is 2.33. The third-order valence-corrected chi connectivity index (χ3v) is 6.47. The SMILES string of the molecule is CC1(COCCCCCCOc2ccc(C(=O)Oc3ccc(C#Cc4ccc(OC(F)(F)F)c(F)c4)cc3)cc2)COC1. The number of ether oxygens (including phenoxy) is 5. The van der Waals surface area contributed by atoms with Crippen molar-refractivity contribution in [3.05, 3.63) is 89.2 Å². The highest BCUT2D eigenvalue weighted by Crippen LogP contribution is 2.27. The van der Waals surface area contributed by atoms with Gasteiger partial charge >= 0.3 is 12.3 Å². The van der Waals surface area contributed by atoms with Crippen LogP contribution in [0.15, 0.2) is 66.7 Å². The van der Waals surface area contributed by atoms with Gasteiger partial charge in [0.2, 0.25) is 0 Å². The molecule has 1 heterocycles. The molecule has 0 amide bonds. The van der Waals surface area contributed by atoms with Gasteiger partial charge in [0, 0.05) is 23.1 Å². The number of carbonyl (C=O) groups excluding carboxylic acids is 1. The molecule has 1 aliphatic heterocycles. The number of hydrogen-bond donors (Lipinski definition) is 0. The zero-order chi connectivity index (χ0) is 30.7. The lowest BCUT2D eigenvalue weighted by Crippen LogP contribution is -2.43. The van der Waals surface area contributed by atoms with Crippen LogP contribution in [0.3, 0.4) is 0 Å². The largest absolute Gasteiger partial charge is 0.573 e. The van der Waals surface area contributed by atoms with Crippen molar-refractivity contribution in [3.8, 4) is 29.1 Å². The minimum atomic E-state index is -4.99. The average Bonchev–Trinajstić information content (AvgIpc) is 2.96. The molecule has 6 nitrogen and oxygen atoms in total. The fourth-order valence-corrected chi connectivity index (χ4v) is 4.09. The lowest BCUT2D eigenvalue weighted by Gasteiger charge is -2.37. The topological polar surface area (TPSA) is 63.2 Å². The van der Waals surface area contributed by atoms with E-state index in [4.69, 9.17) is 18.9 Å². The second-order valence-electron chi connectivity index (χ2n) is 10.5. The van der Waals surface area contributed by atoms with Gasteiger partial charge in [0.05, 0.1) is 32.0 Å². The van der Waals surface area contributed by atoms with E-state index in [0.717, 1.165) is 64.2 Å². The second-order valence-corrected chi connectivity index (χ2v) is 10.5. The maximum absolute atomic E-state index is 13.9. The molecule has 3 aromatic carbocycles. The van der Waals surface area contributed by atoms with Crippen LogP contribution in [0.4, 0.5) is 17.6 Å². The number of hydrogen-bond acceptors (Lipinski definition) is 6. The zero-order valence-corrected chi connectivity index (χ0v) is 23.7. The summed E-state index contributed by atoms with van der Waals surface area (Å²) in [6, 6.07) is 15.9. The Kier molecular flexibility index (Phi) is 11.0. The van der Waals surface area contributed by atoms with Crippen molar-refractivity contribution in [2.75, 3.05) is 33.0 Å². The van der Waals surface area contributed by atoms with Gasteiger partial charge in [0.1, 0.15) is 11.5 Å². The fourth-order valence-electron chi connectivity index (χ4n) is 4.09. The molecule has 0 radical (unpaired) electrons. The Hall–Kier alpha value is -4.07. The number of halogens is 4. The lowest BCUT2D eigenvalue weighted by molar-refractivity contribution is -0.275. The van der Waals surface area contributed by atoms with Crippen LogP contribution >= 0.6 is 0 Å². The first-order valence-corrected chi connectivity index (χ1v) is 13.9. The minimum Gasteiger partial charge on any atom is -0.494 e. The summed E-state index contributed by atoms with van der Waals surface area (Å²) in [5.41, 5.74) is 1.24. The summed E-state index contributed by atoms with van der Waals surface area (Å²) < 4.78 is 76.4. The molecule has 0 saturated carbocycles. The number of rotatable bonds is 13. The van der Waals surface area contributed by atoms with Crippen molar-refractivity contribution in [3.63, 3.8) is 0 Å². The second kappa shape index (κ2) is 14.9. The summed E-state index contributed by atoms with van der Waals surface area (Å²) in [4.78, 5) is 12.5. The zero-order valence-electron chi connectivity index (χ0n) is 23.7. The van der Waals surface area contributed by atoms with Crippen LogP contribution < -0.4 is 14.2 Å². The molecule has 43 heavy (non-hydrogen) atoms. The van der Waals surface area contributed by atoms with Crippen molar-refractivity contribution in [1.82, 2.24) is 0 Å². The van der Waals surface area contributed by atoms with Gasteiger partial charge in [-0.2, -0.15) is 0 Å². The van der Waals surface area contributed by atoms with Crippen LogP contribution in [0.1, 0.15) is 54.1 Å². The predicted molar refractivity (Wildman–Crippen MR) is 151 cm³/mol. The Bertz CT molecular complexity index is 1400. The summed E-state index contributed by atoms with van der Waals surface area (Å²) >= 11 is 0. The Morgan fingerprint density at radius 3 is 2.12 bits per heavy atom. The van der Waals surface area contributed by atoms with Crippen LogP contribution in [0.5, 0.6) is 17.2 Å². The Labute approximate surface area is 247 Å². The smallest absolute Gasteiger partial charge is 0.494 e. The van der Waals surface area contributed by atoms with Crippen molar-refractivity contribution in [1.29, 1.82) is 0 Å². The molecular weight excluding hydrogens is 568 g/mol. The van der Waals surface area contributed by atoms with Crippen LogP contribution in [0.2, 0.25) is 0 Å². The maximum atomic E-state index is 13.9. The summed E-state index contributed by atoms with van der Waals surface area (Å²) in [5, 5.41) is 0. The Balaban J connectivity index is 1.15. The third-order valence-electron chi connectivity index (χ3n) is 6.47. The van der Waals surface area contributed by atoms with E-state index in [1.807, 2.05) is 0 Å². The summed E-state index contributed by atoms with van der Waals surface area (Å²) in [6.45, 7) is 5.83. The van der Waals surface area contributed by atoms with Crippen LogP contribution in [0.25, 0.3) is 0 Å². The van der Waals surface area contributed by atoms with E-state index in [9.17, 15) is 22.4 Å². The van der Waals surface area contributed by atoms with Crippen molar-refractivity contribution in [2.45, 2.75) is 39.0 Å². The first kappa shape index (κ1) is 31.9. The molecule has 0 bridgehead atoms. The lowest BCUT2D eigenvalue weighted by atomic mass is 9.90. The van der Waals surface area contributed by atoms with E-state index in [1.165, 1.54) is 6.07 Å². The normalized spacial score (nSPS) is 13.8. The first-order valence-electron chi connectivity index (χ1n) is 13.9. The molecule has 0 spiro atoms. The maximum Gasteiger partial charge on any atom is 0.573 e. The molecule has 0 unspecified atom stereocenters. The highest BCUT2D eigenvalue weighted by molar-refractivity contribution is 5.91. The van der Waals surface area contributed by atoms with Crippen molar-refractivity contribution in [2.24, 2.45) is 5.41 Å². The van der Waals surface area contributed by atoms with E-state index in [0.29, 0.717) is 29.2 Å². The fraction of sp³-hybridized carbons (Fsp3) is 0.364. The van der Waals surface area contributed by atoms with Gasteiger partial charge in [-0.25, -0.2) is 9.18 Å². The van der Waals surface area contributed by atoms with E-state index in [1.54, 1.807) is 48.5 Å². The van der Waals surface area contributed by atoms with Gasteiger partial charge in [-0.3, -0.25) is 0 Å². The highest BCUT2D eigenvalue weighted by atomic mass is 19.4. The summed E-state index contributed by atoms with van der Waals surface area (Å²) in [6.07, 6.45) is -0.919. The monoisotopic (exact) mass is 600 g/mol. The van der Waals surface area contributed by atoms with E-state index >= 15 is 0 Å². The van der Waals surface area contributed by atoms with Crippen molar-refractivity contribution < 1.29 is 46.0 Å². The van der Waals surface area contributed by atoms with Crippen LogP contribution in [-0.2, 0) is 9.47 Å². The van der Waals surface area contributed by atoms with Gasteiger partial charge in [-0.15, -0.1) is 13.2 Å². The molecule has 1 aliphatic rings. The number of esters is 1. The van der Waals surface area contributed by atoms with Gasteiger partial charge in [-0.1, -0.05) is 25.2 Å². The Morgan fingerprint density at radius 1 is 0.860 bits per heavy atom. The number of carbonyl (C=O) groups is 1. The van der Waals surface area contributed by atoms with Gasteiger partial charge in [0.15, 0.2) is 11.6 Å². The van der Waals surface area contributed by atoms with Gasteiger partial charge in [0.25, 0.3) is 0 Å². The first-order chi connectivity index (χ1) is 20.6. The molecule has 228 valence electrons.